The van der Waals surface area contributed by atoms with E-state index in [1.54, 1.807) is 6.26 Å². The van der Waals surface area contributed by atoms with Gasteiger partial charge in [0.25, 0.3) is 0 Å². The van der Waals surface area contributed by atoms with Gasteiger partial charge in [0.05, 0.1) is 28.2 Å². The van der Waals surface area contributed by atoms with E-state index in [9.17, 15) is 0 Å². The van der Waals surface area contributed by atoms with Crippen molar-refractivity contribution in [3.63, 3.8) is 0 Å². The Kier molecular flexibility index (Phi) is 5.69. The summed E-state index contributed by atoms with van der Waals surface area (Å²) in [5.74, 6) is 1.67. The van der Waals surface area contributed by atoms with Crippen molar-refractivity contribution >= 4 is 41.7 Å². The number of rotatable bonds is 4. The average Bonchev–Trinajstić information content (AvgIpc) is 2.77. The van der Waals surface area contributed by atoms with E-state index in [0.717, 1.165) is 26.6 Å². The first-order valence-electron chi connectivity index (χ1n) is 9.09. The van der Waals surface area contributed by atoms with Crippen LogP contribution in [-0.4, -0.2) is 32.5 Å². The predicted molar refractivity (Wildman–Crippen MR) is 116 cm³/mol. The summed E-state index contributed by atoms with van der Waals surface area (Å²) in [4.78, 5) is 6.70. The molecule has 2 aliphatic rings. The number of nitrogens with zero attached hydrogens (tertiary/aromatic N) is 2. The topological polar surface area (TPSA) is 46.1 Å². The van der Waals surface area contributed by atoms with Gasteiger partial charge in [-0.25, -0.2) is 0 Å². The fraction of sp³-hybridized carbons (Fsp3) is 0.526. The van der Waals surface area contributed by atoms with Gasteiger partial charge in [0, 0.05) is 10.7 Å². The van der Waals surface area contributed by atoms with E-state index in [1.807, 2.05) is 12.3 Å². The van der Waals surface area contributed by atoms with Crippen molar-refractivity contribution in [2.75, 3.05) is 13.3 Å². The lowest BCUT2D eigenvalue weighted by atomic mass is 10.2. The first-order valence-corrected chi connectivity index (χ1v) is 13.2. The molecule has 0 radical (unpaired) electrons. The van der Waals surface area contributed by atoms with Gasteiger partial charge in [-0.1, -0.05) is 32.4 Å². The maximum Gasteiger partial charge on any atom is 0.192 e. The maximum absolute atomic E-state index is 6.49. The lowest BCUT2D eigenvalue weighted by molar-refractivity contribution is 0.210. The highest BCUT2D eigenvalue weighted by Crippen LogP contribution is 2.36. The minimum atomic E-state index is -1.82. The van der Waals surface area contributed by atoms with Crippen molar-refractivity contribution in [2.24, 2.45) is 4.99 Å². The fourth-order valence-electron chi connectivity index (χ4n) is 2.80. The Balaban J connectivity index is 1.98. The Morgan fingerprint density at radius 3 is 2.81 bits per heavy atom. The van der Waals surface area contributed by atoms with Gasteiger partial charge in [-0.15, -0.1) is 0 Å². The lowest BCUT2D eigenvalue weighted by Gasteiger charge is -2.38. The van der Waals surface area contributed by atoms with Gasteiger partial charge in [-0.3, -0.25) is 4.99 Å². The van der Waals surface area contributed by atoms with E-state index in [2.05, 4.69) is 71.9 Å². The second kappa shape index (κ2) is 7.42. The van der Waals surface area contributed by atoms with Crippen LogP contribution in [0, 0.1) is 0 Å². The molecule has 0 spiro atoms. The summed E-state index contributed by atoms with van der Waals surface area (Å²) in [6.07, 6.45) is 3.64. The summed E-state index contributed by atoms with van der Waals surface area (Å²) in [5.41, 5.74) is 0. The molecule has 2 heterocycles. The number of halogens is 2. The zero-order valence-corrected chi connectivity index (χ0v) is 20.0. The molecule has 27 heavy (non-hydrogen) atoms. The molecule has 1 aromatic carbocycles. The molecule has 3 rings (SSSR count). The minimum Gasteiger partial charge on any atom is -0.463 e. The molecule has 0 saturated carbocycles. The van der Waals surface area contributed by atoms with Crippen LogP contribution in [0.15, 0.2) is 28.0 Å². The Morgan fingerprint density at radius 1 is 1.44 bits per heavy atom. The van der Waals surface area contributed by atoms with Gasteiger partial charge < -0.3 is 19.4 Å². The average molecular weight is 473 g/mol. The van der Waals surface area contributed by atoms with E-state index in [-0.39, 0.29) is 11.1 Å². The normalized spacial score (nSPS) is 17.5. The first kappa shape index (κ1) is 20.7. The summed E-state index contributed by atoms with van der Waals surface area (Å²) < 4.78 is 13.1. The Bertz CT molecular complexity index is 896. The molecule has 1 unspecified atom stereocenters. The third-order valence-corrected chi connectivity index (χ3v) is 11.3. The van der Waals surface area contributed by atoms with Crippen molar-refractivity contribution in [3.8, 4) is 5.75 Å². The number of nitrogens with one attached hydrogen (secondary N) is 1. The van der Waals surface area contributed by atoms with Gasteiger partial charge in [0.2, 0.25) is 0 Å². The van der Waals surface area contributed by atoms with Crippen LogP contribution < -0.4 is 20.6 Å². The van der Waals surface area contributed by atoms with Gasteiger partial charge >= 0.3 is 0 Å². The number of benzene rings is 1. The van der Waals surface area contributed by atoms with E-state index < -0.39 is 8.32 Å². The Labute approximate surface area is 175 Å². The van der Waals surface area contributed by atoms with Crippen molar-refractivity contribution in [3.05, 3.63) is 38.6 Å². The van der Waals surface area contributed by atoms with E-state index in [1.165, 1.54) is 0 Å². The van der Waals surface area contributed by atoms with E-state index in [0.29, 0.717) is 18.3 Å². The second-order valence-electron chi connectivity index (χ2n) is 8.47. The van der Waals surface area contributed by atoms with Crippen LogP contribution in [0.25, 0.3) is 5.82 Å². The molecule has 5 nitrogen and oxygen atoms in total. The zero-order valence-electron chi connectivity index (χ0n) is 16.7. The quantitative estimate of drug-likeness (QED) is 0.675. The molecule has 2 aliphatic heterocycles. The highest BCUT2D eigenvalue weighted by atomic mass is 79.9. The zero-order chi connectivity index (χ0) is 20.0. The van der Waals surface area contributed by atoms with Crippen molar-refractivity contribution < 1.29 is 9.16 Å². The maximum atomic E-state index is 6.49. The molecule has 1 aromatic rings. The number of hydrogen-bond donors (Lipinski definition) is 1. The van der Waals surface area contributed by atoms with Crippen LogP contribution in [-0.2, 0) is 4.43 Å². The van der Waals surface area contributed by atoms with Gasteiger partial charge in [-0.05, 0) is 47.1 Å². The highest BCUT2D eigenvalue weighted by molar-refractivity contribution is 9.10. The number of ether oxygens (including phenoxy) is 1. The van der Waals surface area contributed by atoms with Crippen LogP contribution in [0.5, 0.6) is 5.75 Å². The molecule has 1 atom stereocenters. The smallest absolute Gasteiger partial charge is 0.192 e. The van der Waals surface area contributed by atoms with E-state index >= 15 is 0 Å². The Hall–Kier alpha value is -1.02. The predicted octanol–water partition coefficient (Wildman–Crippen LogP) is 3.92. The summed E-state index contributed by atoms with van der Waals surface area (Å²) >= 11 is 9.98. The minimum absolute atomic E-state index is 0.126. The van der Waals surface area contributed by atoms with Gasteiger partial charge in [0.15, 0.2) is 8.32 Å². The van der Waals surface area contributed by atoms with Crippen molar-refractivity contribution in [1.29, 1.82) is 0 Å². The molecule has 8 heteroatoms. The summed E-state index contributed by atoms with van der Waals surface area (Å²) in [6, 6.07) is 2.01. The third kappa shape index (κ3) is 3.92. The molecular formula is C19H27BrClN3O2Si. The van der Waals surface area contributed by atoms with Crippen LogP contribution in [0.3, 0.4) is 0 Å². The molecule has 148 valence electrons. The standard InChI is InChI=1S/C19H27BrClN3O2Si/c1-12(10-26-27(5,6)19(2,3)4)24-7-8-25-14-9-13(20)16(21)17-15(14)18(24)23-11-22-17/h7-9,12,23H,10-11H2,1-6H3. The molecular weight excluding hydrogens is 446 g/mol. The van der Waals surface area contributed by atoms with Crippen molar-refractivity contribution in [1.82, 2.24) is 10.2 Å². The third-order valence-electron chi connectivity index (χ3n) is 5.52. The van der Waals surface area contributed by atoms with Crippen LogP contribution in [0.2, 0.25) is 23.2 Å². The molecule has 0 saturated heterocycles. The monoisotopic (exact) mass is 471 g/mol. The van der Waals surface area contributed by atoms with Crippen molar-refractivity contribution in [2.45, 2.75) is 51.9 Å². The SMILES string of the molecule is CC(CO[Si](C)(C)C(C)(C)C)N1C=COc2cc(Br)c(Cl)c3c2=C1NCN=3. The van der Waals surface area contributed by atoms with Crippen LogP contribution in [0.1, 0.15) is 27.7 Å². The highest BCUT2D eigenvalue weighted by Gasteiger charge is 2.38. The van der Waals surface area contributed by atoms with Gasteiger partial charge in [0.1, 0.15) is 24.5 Å². The summed E-state index contributed by atoms with van der Waals surface area (Å²) in [5, 5.41) is 5.81. The van der Waals surface area contributed by atoms with Crippen LogP contribution in [0.4, 0.5) is 0 Å². The molecule has 0 bridgehead atoms. The lowest BCUT2D eigenvalue weighted by Crippen LogP contribution is -2.48. The number of hydrogen-bond acceptors (Lipinski definition) is 5. The van der Waals surface area contributed by atoms with Gasteiger partial charge in [-0.2, -0.15) is 0 Å². The molecule has 0 aromatic heterocycles. The Morgan fingerprint density at radius 2 is 2.15 bits per heavy atom. The summed E-state index contributed by atoms with van der Waals surface area (Å²) in [6.45, 7) is 14.6. The van der Waals surface area contributed by atoms with Crippen LogP contribution >= 0.6 is 27.5 Å². The largest absolute Gasteiger partial charge is 0.463 e. The molecule has 0 amide bonds. The second-order valence-corrected chi connectivity index (χ2v) is 14.5. The molecule has 0 fully saturated rings. The first-order chi connectivity index (χ1) is 12.5. The molecule has 1 N–H and O–H groups in total. The molecule has 0 aliphatic carbocycles. The van der Waals surface area contributed by atoms with E-state index in [4.69, 9.17) is 20.8 Å². The summed E-state index contributed by atoms with van der Waals surface area (Å²) in [7, 11) is -1.82. The fourth-order valence-corrected chi connectivity index (χ4v) is 4.49.